The SMILES string of the molecule is Cc1ccc2c(c1)c1cc(C)ccc1n2-c1ccc(-c2cnccc2-c2ccncc2-c2ccc(-n3c4ccc(C)cc4c4cc(C)ccc43)cc2)cc1. The molecule has 0 saturated heterocycles. The van der Waals surface area contributed by atoms with Gasteiger partial charge in [0, 0.05) is 68.8 Å². The summed E-state index contributed by atoms with van der Waals surface area (Å²) in [5.41, 5.74) is 18.8. The van der Waals surface area contributed by atoms with Crippen molar-refractivity contribution >= 4 is 43.6 Å². The molecule has 6 aromatic carbocycles. The van der Waals surface area contributed by atoms with E-state index in [0.717, 1.165) is 44.8 Å². The van der Waals surface area contributed by atoms with Gasteiger partial charge >= 0.3 is 0 Å². The predicted octanol–water partition coefficient (Wildman–Crippen LogP) is 12.9. The molecule has 0 unspecified atom stereocenters. The number of rotatable bonds is 5. The lowest BCUT2D eigenvalue weighted by atomic mass is 9.91. The van der Waals surface area contributed by atoms with E-state index in [1.807, 2.05) is 24.8 Å². The van der Waals surface area contributed by atoms with Gasteiger partial charge in [0.25, 0.3) is 0 Å². The molecule has 0 aliphatic carbocycles. The molecule has 0 N–H and O–H groups in total. The predicted molar refractivity (Wildman–Crippen MR) is 226 cm³/mol. The maximum Gasteiger partial charge on any atom is 0.0541 e. The highest BCUT2D eigenvalue weighted by Gasteiger charge is 2.17. The third-order valence-electron chi connectivity index (χ3n) is 11.0. The van der Waals surface area contributed by atoms with Crippen molar-refractivity contribution in [3.8, 4) is 44.8 Å². The summed E-state index contributed by atoms with van der Waals surface area (Å²) < 4.78 is 4.76. The number of fused-ring (bicyclic) bond motifs is 6. The standard InChI is InChI=1S/C50H38N4/c1-31-5-17-47-41(25-31)42-26-32(2)6-18-48(42)53(47)37-13-9-35(10-14-37)45-29-51-23-21-39(45)40-22-24-52-30-46(40)36-11-15-38(16-12-36)54-49-19-7-33(3)27-43(49)44-28-34(4)8-20-50(44)54/h5-30H,1-4H3. The first kappa shape index (κ1) is 31.9. The zero-order chi connectivity index (χ0) is 36.5. The number of aromatic nitrogens is 4. The molecule has 0 aliphatic heterocycles. The smallest absolute Gasteiger partial charge is 0.0541 e. The van der Waals surface area contributed by atoms with Gasteiger partial charge in [-0.15, -0.1) is 0 Å². The Balaban J connectivity index is 1.04. The van der Waals surface area contributed by atoms with E-state index in [9.17, 15) is 0 Å². The molecule has 0 fully saturated rings. The molecule has 0 amide bonds. The molecule has 4 heteroatoms. The minimum absolute atomic E-state index is 1.08. The Bertz CT molecular complexity index is 2740. The Labute approximate surface area is 314 Å². The van der Waals surface area contributed by atoms with Gasteiger partial charge < -0.3 is 9.13 Å². The molecule has 0 spiro atoms. The molecule has 54 heavy (non-hydrogen) atoms. The van der Waals surface area contributed by atoms with Gasteiger partial charge in [0.2, 0.25) is 0 Å². The minimum atomic E-state index is 1.08. The molecule has 0 saturated carbocycles. The first-order valence-corrected chi connectivity index (χ1v) is 18.5. The van der Waals surface area contributed by atoms with Crippen molar-refractivity contribution in [3.63, 3.8) is 0 Å². The fourth-order valence-corrected chi connectivity index (χ4v) is 8.36. The van der Waals surface area contributed by atoms with Crippen LogP contribution in [0.1, 0.15) is 22.3 Å². The van der Waals surface area contributed by atoms with Crippen LogP contribution in [0.15, 0.2) is 158 Å². The quantitative estimate of drug-likeness (QED) is 0.180. The zero-order valence-electron chi connectivity index (χ0n) is 30.8. The second-order valence-electron chi connectivity index (χ2n) is 14.7. The van der Waals surface area contributed by atoms with E-state index in [1.54, 1.807) is 0 Å². The maximum atomic E-state index is 4.60. The summed E-state index contributed by atoms with van der Waals surface area (Å²) in [5.74, 6) is 0. The highest BCUT2D eigenvalue weighted by Crippen LogP contribution is 2.40. The summed E-state index contributed by atoms with van der Waals surface area (Å²) in [4.78, 5) is 9.19. The molecule has 4 aromatic heterocycles. The van der Waals surface area contributed by atoms with Crippen molar-refractivity contribution in [2.24, 2.45) is 0 Å². The maximum absolute atomic E-state index is 4.60. The summed E-state index contributed by atoms with van der Waals surface area (Å²) in [7, 11) is 0. The Kier molecular flexibility index (Phi) is 7.34. The van der Waals surface area contributed by atoms with Crippen molar-refractivity contribution in [1.82, 2.24) is 19.1 Å². The number of pyridine rings is 2. The third-order valence-corrected chi connectivity index (χ3v) is 11.0. The van der Waals surface area contributed by atoms with Gasteiger partial charge in [0.05, 0.1) is 22.1 Å². The van der Waals surface area contributed by atoms with Gasteiger partial charge in [-0.25, -0.2) is 0 Å². The van der Waals surface area contributed by atoms with Crippen molar-refractivity contribution in [2.75, 3.05) is 0 Å². The van der Waals surface area contributed by atoms with Crippen LogP contribution in [0.5, 0.6) is 0 Å². The normalized spacial score (nSPS) is 11.7. The summed E-state index contributed by atoms with van der Waals surface area (Å²) >= 11 is 0. The van der Waals surface area contributed by atoms with Gasteiger partial charge in [-0.3, -0.25) is 9.97 Å². The van der Waals surface area contributed by atoms with E-state index in [-0.39, 0.29) is 0 Å². The van der Waals surface area contributed by atoms with Crippen molar-refractivity contribution in [2.45, 2.75) is 27.7 Å². The molecule has 0 aliphatic rings. The van der Waals surface area contributed by atoms with Crippen LogP contribution in [0.25, 0.3) is 88.4 Å². The minimum Gasteiger partial charge on any atom is -0.309 e. The Hall–Kier alpha value is -6.78. The van der Waals surface area contributed by atoms with Crippen LogP contribution < -0.4 is 0 Å². The first-order valence-electron chi connectivity index (χ1n) is 18.5. The number of hydrogen-bond donors (Lipinski definition) is 0. The zero-order valence-corrected chi connectivity index (χ0v) is 30.8. The molecule has 0 atom stereocenters. The van der Waals surface area contributed by atoms with Gasteiger partial charge in [-0.1, -0.05) is 70.8 Å². The summed E-state index contributed by atoms with van der Waals surface area (Å²) in [6.45, 7) is 8.65. The van der Waals surface area contributed by atoms with Gasteiger partial charge in [0.15, 0.2) is 0 Å². The number of nitrogens with zero attached hydrogens (tertiary/aromatic N) is 4. The number of benzene rings is 6. The van der Waals surface area contributed by atoms with Crippen molar-refractivity contribution < 1.29 is 0 Å². The monoisotopic (exact) mass is 694 g/mol. The summed E-state index contributed by atoms with van der Waals surface area (Å²) in [5, 5.41) is 5.13. The van der Waals surface area contributed by atoms with Crippen LogP contribution in [-0.4, -0.2) is 19.1 Å². The summed E-state index contributed by atoms with van der Waals surface area (Å²) in [6.07, 6.45) is 7.73. The van der Waals surface area contributed by atoms with Crippen LogP contribution in [-0.2, 0) is 0 Å². The van der Waals surface area contributed by atoms with Crippen LogP contribution >= 0.6 is 0 Å². The lowest BCUT2D eigenvalue weighted by Gasteiger charge is -2.15. The molecule has 10 aromatic rings. The molecular weight excluding hydrogens is 657 g/mol. The molecule has 258 valence electrons. The van der Waals surface area contributed by atoms with Crippen molar-refractivity contribution in [1.29, 1.82) is 0 Å². The first-order chi connectivity index (χ1) is 26.4. The van der Waals surface area contributed by atoms with E-state index in [2.05, 4.69) is 180 Å². The molecule has 4 heterocycles. The highest BCUT2D eigenvalue weighted by atomic mass is 15.0. The van der Waals surface area contributed by atoms with Crippen molar-refractivity contribution in [3.05, 3.63) is 181 Å². The largest absolute Gasteiger partial charge is 0.309 e. The van der Waals surface area contributed by atoms with E-state index in [1.165, 1.54) is 65.9 Å². The van der Waals surface area contributed by atoms with Gasteiger partial charge in [-0.2, -0.15) is 0 Å². The molecular formula is C50H38N4. The lowest BCUT2D eigenvalue weighted by molar-refractivity contribution is 1.18. The Morgan fingerprint density at radius 3 is 0.963 bits per heavy atom. The van der Waals surface area contributed by atoms with Gasteiger partial charge in [0.1, 0.15) is 0 Å². The van der Waals surface area contributed by atoms with Gasteiger partial charge in [-0.05, 0) is 135 Å². The average molecular weight is 695 g/mol. The Morgan fingerprint density at radius 2 is 0.648 bits per heavy atom. The molecule has 4 nitrogen and oxygen atoms in total. The highest BCUT2D eigenvalue weighted by molar-refractivity contribution is 6.11. The van der Waals surface area contributed by atoms with E-state index in [0.29, 0.717) is 0 Å². The third kappa shape index (κ3) is 5.14. The molecule has 0 radical (unpaired) electrons. The molecule has 0 bridgehead atoms. The Morgan fingerprint density at radius 1 is 0.333 bits per heavy atom. The van der Waals surface area contributed by atoms with E-state index in [4.69, 9.17) is 0 Å². The second kappa shape index (κ2) is 12.4. The fourth-order valence-electron chi connectivity index (χ4n) is 8.36. The fraction of sp³-hybridized carbons (Fsp3) is 0.0800. The van der Waals surface area contributed by atoms with Crippen LogP contribution in [0, 0.1) is 27.7 Å². The van der Waals surface area contributed by atoms with E-state index >= 15 is 0 Å². The van der Waals surface area contributed by atoms with Crippen LogP contribution in [0.3, 0.4) is 0 Å². The second-order valence-corrected chi connectivity index (χ2v) is 14.7. The topological polar surface area (TPSA) is 35.6 Å². The average Bonchev–Trinajstić information content (AvgIpc) is 3.69. The lowest BCUT2D eigenvalue weighted by Crippen LogP contribution is -1.95. The summed E-state index contributed by atoms with van der Waals surface area (Å²) in [6, 6.07) is 49.0. The van der Waals surface area contributed by atoms with Crippen LogP contribution in [0.4, 0.5) is 0 Å². The number of hydrogen-bond acceptors (Lipinski definition) is 2. The molecule has 10 rings (SSSR count). The van der Waals surface area contributed by atoms with E-state index < -0.39 is 0 Å². The van der Waals surface area contributed by atoms with Crippen LogP contribution in [0.2, 0.25) is 0 Å². The number of aryl methyl sites for hydroxylation is 4.